The van der Waals surface area contributed by atoms with E-state index in [1.807, 2.05) is 0 Å². The Balaban J connectivity index is -0.000000107. The maximum absolute atomic E-state index is 9.76. The predicted molar refractivity (Wildman–Crippen MR) is 36.2 cm³/mol. The van der Waals surface area contributed by atoms with Crippen molar-refractivity contribution in [2.75, 3.05) is 0 Å². The summed E-state index contributed by atoms with van der Waals surface area (Å²) in [6.07, 6.45) is 2.06. The summed E-state index contributed by atoms with van der Waals surface area (Å²) in [6, 6.07) is 0. The van der Waals surface area contributed by atoms with Gasteiger partial charge in [-0.25, -0.2) is 0 Å². The van der Waals surface area contributed by atoms with Crippen molar-refractivity contribution in [2.24, 2.45) is 0 Å². The van der Waals surface area contributed by atoms with Crippen LogP contribution in [0.2, 0.25) is 0 Å². The molecule has 0 unspecified atom stereocenters. The third-order valence-corrected chi connectivity index (χ3v) is 0.862. The zero-order valence-electron chi connectivity index (χ0n) is 6.79. The average Bonchev–Trinajstić information content (AvgIpc) is 1.89. The second kappa shape index (κ2) is 13.2. The molecule has 0 radical (unpaired) electrons. The molecule has 0 N–H and O–H groups in total. The van der Waals surface area contributed by atoms with Crippen LogP contribution in [0.25, 0.3) is 0 Å². The average molecular weight is 172 g/mol. The molecule has 0 atom stereocenters. The SMILES string of the molecule is C=CC(=O)[O-].C=C[C](=O)[Na].[Na+]. The first-order valence-corrected chi connectivity index (χ1v) is 3.51. The molecule has 0 rings (SSSR count). The van der Waals surface area contributed by atoms with E-state index >= 15 is 0 Å². The number of carboxylic acid groups (broad SMARTS) is 1. The molecule has 50 valence electrons. The van der Waals surface area contributed by atoms with Crippen LogP contribution in [0.4, 0.5) is 0 Å². The van der Waals surface area contributed by atoms with E-state index in [-0.39, 0.29) is 32.6 Å². The summed E-state index contributed by atoms with van der Waals surface area (Å²) in [4.78, 5) is 18.9. The van der Waals surface area contributed by atoms with Gasteiger partial charge in [0.05, 0.1) is 5.97 Å². The van der Waals surface area contributed by atoms with Crippen molar-refractivity contribution in [3.63, 3.8) is 0 Å². The van der Waals surface area contributed by atoms with Crippen molar-refractivity contribution in [3.05, 3.63) is 25.3 Å². The van der Waals surface area contributed by atoms with E-state index < -0.39 is 5.97 Å². The van der Waals surface area contributed by atoms with E-state index in [4.69, 9.17) is 9.90 Å². The minimum atomic E-state index is -1.23. The molecule has 0 fully saturated rings. The van der Waals surface area contributed by atoms with E-state index in [0.29, 0.717) is 27.9 Å². The molecule has 0 heterocycles. The maximum Gasteiger partial charge on any atom is 1.00 e. The molecule has 0 spiro atoms. The molecule has 0 aliphatic rings. The van der Waals surface area contributed by atoms with Gasteiger partial charge in [-0.2, -0.15) is 0 Å². The van der Waals surface area contributed by atoms with Gasteiger partial charge in [0.25, 0.3) is 0 Å². The normalized spacial score (nSPS) is 6.00. The summed E-state index contributed by atoms with van der Waals surface area (Å²) in [6.45, 7) is 6.14. The fourth-order valence-corrected chi connectivity index (χ4v) is 0. The van der Waals surface area contributed by atoms with Crippen molar-refractivity contribution in [1.29, 1.82) is 0 Å². The van der Waals surface area contributed by atoms with Crippen molar-refractivity contribution in [3.8, 4) is 0 Å². The molecular formula is C6H6Na2O3. The minimum Gasteiger partial charge on any atom is 1.00 e. The Kier molecular flexibility index (Phi) is 21.2. The van der Waals surface area contributed by atoms with Crippen LogP contribution in [0.15, 0.2) is 25.3 Å². The maximum atomic E-state index is 9.76. The van der Waals surface area contributed by atoms with E-state index in [9.17, 15) is 4.79 Å². The number of aliphatic carboxylic acids is 1. The fourth-order valence-electron chi connectivity index (χ4n) is 0. The second-order valence-electron chi connectivity index (χ2n) is 1.34. The Morgan fingerprint density at radius 1 is 1.27 bits per heavy atom. The first kappa shape index (κ1) is 17.6. The first-order chi connectivity index (χ1) is 4.54. The predicted octanol–water partition coefficient (Wildman–Crippen LogP) is -4.21. The van der Waals surface area contributed by atoms with E-state index in [1.54, 1.807) is 0 Å². The summed E-state index contributed by atoms with van der Waals surface area (Å²) in [5.74, 6) is -1.23. The Bertz CT molecular complexity index is 136. The van der Waals surface area contributed by atoms with Crippen LogP contribution < -0.4 is 34.7 Å². The summed E-state index contributed by atoms with van der Waals surface area (Å²) in [5.41, 5.74) is 0. The van der Waals surface area contributed by atoms with E-state index in [2.05, 4.69) is 13.2 Å². The van der Waals surface area contributed by atoms with Gasteiger partial charge in [0.2, 0.25) is 0 Å². The zero-order chi connectivity index (χ0) is 8.57. The Labute approximate surface area is 105 Å². The molecule has 5 heteroatoms. The molecule has 0 aliphatic carbocycles. The zero-order valence-corrected chi connectivity index (χ0v) is 10.8. The van der Waals surface area contributed by atoms with Crippen molar-refractivity contribution in [1.82, 2.24) is 0 Å². The van der Waals surface area contributed by atoms with Crippen LogP contribution >= 0.6 is 0 Å². The largest absolute Gasteiger partial charge is 1.00 e. The van der Waals surface area contributed by atoms with Crippen LogP contribution in [0.5, 0.6) is 0 Å². The molecule has 0 amide bonds. The fraction of sp³-hybridized carbons (Fsp3) is 0. The number of hydrogen-bond donors (Lipinski definition) is 0. The molecule has 0 aromatic heterocycles. The number of carbonyl (C=O) groups excluding carboxylic acids is 2. The molecule has 0 aromatic rings. The van der Waals surface area contributed by atoms with Gasteiger partial charge in [-0.05, 0) is 6.08 Å². The number of hydrogen-bond acceptors (Lipinski definition) is 3. The summed E-state index contributed by atoms with van der Waals surface area (Å²) in [7, 11) is 0. The van der Waals surface area contributed by atoms with Crippen LogP contribution in [-0.4, -0.2) is 36.9 Å². The van der Waals surface area contributed by atoms with Crippen molar-refractivity contribution in [2.45, 2.75) is 0 Å². The van der Waals surface area contributed by atoms with E-state index in [1.165, 1.54) is 6.08 Å². The van der Waals surface area contributed by atoms with Gasteiger partial charge in [-0.1, -0.05) is 6.58 Å². The van der Waals surface area contributed by atoms with Crippen LogP contribution in [0.1, 0.15) is 0 Å². The Morgan fingerprint density at radius 3 is 1.45 bits per heavy atom. The van der Waals surface area contributed by atoms with Gasteiger partial charge in [-0.15, -0.1) is 0 Å². The Hall–Kier alpha value is 0.620. The molecule has 0 bridgehead atoms. The second-order valence-corrected chi connectivity index (χ2v) is 2.32. The number of carboxylic acids is 1. The molecule has 0 saturated carbocycles. The third-order valence-electron chi connectivity index (χ3n) is 0.454. The standard InChI is InChI=1S/C3H4O2.C3H3O.2Na/c1-2-3(4)5;1-2-3-4;;/h2H,1H2,(H,4,5);2H,1H2;;/q;;;+1/p-1. The smallest absolute Gasteiger partial charge is 1.00 e. The van der Waals surface area contributed by atoms with Gasteiger partial charge < -0.3 is 9.90 Å². The number of carbonyl (C=O) groups is 2. The van der Waals surface area contributed by atoms with Gasteiger partial charge in [0.15, 0.2) is 0 Å². The van der Waals surface area contributed by atoms with Gasteiger partial charge >= 0.3 is 78.0 Å². The van der Waals surface area contributed by atoms with Gasteiger partial charge in [-0.3, -0.25) is 0 Å². The molecular weight excluding hydrogens is 166 g/mol. The molecule has 3 nitrogen and oxygen atoms in total. The van der Waals surface area contributed by atoms with Gasteiger partial charge in [0.1, 0.15) is 0 Å². The summed E-state index contributed by atoms with van der Waals surface area (Å²) >= 11 is 0.613. The molecule has 0 aliphatic heterocycles. The molecule has 0 aromatic carbocycles. The monoisotopic (exact) mass is 172 g/mol. The first-order valence-electron chi connectivity index (χ1n) is 2.51. The summed E-state index contributed by atoms with van der Waals surface area (Å²) < 4.78 is 0.157. The minimum absolute atomic E-state index is 0. The van der Waals surface area contributed by atoms with Crippen molar-refractivity contribution >= 4 is 36.9 Å². The Morgan fingerprint density at radius 2 is 1.45 bits per heavy atom. The van der Waals surface area contributed by atoms with Crippen molar-refractivity contribution < 1.29 is 44.3 Å². The van der Waals surface area contributed by atoms with E-state index in [0.717, 1.165) is 6.08 Å². The topological polar surface area (TPSA) is 57.2 Å². The summed E-state index contributed by atoms with van der Waals surface area (Å²) in [5, 5.41) is 9.14. The van der Waals surface area contributed by atoms with Crippen LogP contribution in [0.3, 0.4) is 0 Å². The quantitative estimate of drug-likeness (QED) is 0.313. The van der Waals surface area contributed by atoms with Gasteiger partial charge in [0, 0.05) is 0 Å². The van der Waals surface area contributed by atoms with Crippen LogP contribution in [0, 0.1) is 0 Å². The number of allylic oxidation sites excluding steroid dienone is 1. The molecule has 11 heavy (non-hydrogen) atoms. The van der Waals surface area contributed by atoms with Crippen LogP contribution in [-0.2, 0) is 9.59 Å². The third kappa shape index (κ3) is 37.0. The molecule has 0 saturated heterocycles. The number of rotatable bonds is 2.